The number of nitrogens with zero attached hydrogens (tertiary/aromatic N) is 1. The molecule has 0 unspecified atom stereocenters. The molecule has 0 saturated carbocycles. The quantitative estimate of drug-likeness (QED) is 0.166. The molecule has 0 spiro atoms. The van der Waals surface area contributed by atoms with E-state index in [-0.39, 0.29) is 0 Å². The van der Waals surface area contributed by atoms with Gasteiger partial charge in [-0.05, 0) is 98.2 Å². The SMILES string of the molecule is c1ccc(-c2ccc(-c3ccc(N(c4ccc5oc6ccccc6c5c4)c4ccccc4-c4cccc(-c5cccc6ccccc56)c4)cc3)cc2)cc1. The minimum absolute atomic E-state index is 0.880. The summed E-state index contributed by atoms with van der Waals surface area (Å²) in [5.41, 5.74) is 14.5. The highest BCUT2D eigenvalue weighted by atomic mass is 16.3. The van der Waals surface area contributed by atoms with Crippen LogP contribution in [0.25, 0.3) is 77.2 Å². The molecule has 1 aromatic heterocycles. The van der Waals surface area contributed by atoms with E-state index in [0.717, 1.165) is 50.1 Å². The third-order valence-corrected chi connectivity index (χ3v) is 10.5. The Kier molecular flexibility index (Phi) is 7.85. The molecule has 0 N–H and O–H groups in total. The summed E-state index contributed by atoms with van der Waals surface area (Å²) in [6, 6.07) is 76.0. The first-order valence-corrected chi connectivity index (χ1v) is 18.4. The molecule has 254 valence electrons. The van der Waals surface area contributed by atoms with Crippen molar-refractivity contribution >= 4 is 49.8 Å². The predicted molar refractivity (Wildman–Crippen MR) is 228 cm³/mol. The van der Waals surface area contributed by atoms with Crippen LogP contribution in [0.15, 0.2) is 217 Å². The minimum atomic E-state index is 0.880. The topological polar surface area (TPSA) is 16.4 Å². The zero-order valence-corrected chi connectivity index (χ0v) is 29.6. The maximum absolute atomic E-state index is 6.26. The Balaban J connectivity index is 1.10. The second-order valence-electron chi connectivity index (χ2n) is 13.7. The average molecular weight is 690 g/mol. The van der Waals surface area contributed by atoms with Crippen LogP contribution in [0, 0.1) is 0 Å². The maximum Gasteiger partial charge on any atom is 0.135 e. The van der Waals surface area contributed by atoms with Crippen LogP contribution in [0.4, 0.5) is 17.1 Å². The van der Waals surface area contributed by atoms with Gasteiger partial charge in [-0.15, -0.1) is 0 Å². The lowest BCUT2D eigenvalue weighted by Gasteiger charge is -2.28. The van der Waals surface area contributed by atoms with Gasteiger partial charge in [-0.3, -0.25) is 0 Å². The maximum atomic E-state index is 6.26. The molecule has 0 aliphatic heterocycles. The van der Waals surface area contributed by atoms with Gasteiger partial charge >= 0.3 is 0 Å². The molecule has 1 heterocycles. The van der Waals surface area contributed by atoms with E-state index in [4.69, 9.17) is 4.42 Å². The Bertz CT molecular complexity index is 2920. The fraction of sp³-hybridized carbons (Fsp3) is 0. The smallest absolute Gasteiger partial charge is 0.135 e. The summed E-state index contributed by atoms with van der Waals surface area (Å²) < 4.78 is 6.26. The fourth-order valence-electron chi connectivity index (χ4n) is 7.81. The summed E-state index contributed by atoms with van der Waals surface area (Å²) >= 11 is 0. The van der Waals surface area contributed by atoms with Gasteiger partial charge in [0.1, 0.15) is 11.2 Å². The molecule has 0 radical (unpaired) electrons. The van der Waals surface area contributed by atoms with Crippen molar-refractivity contribution in [2.24, 2.45) is 0 Å². The molecule has 0 saturated heterocycles. The van der Waals surface area contributed by atoms with Crippen LogP contribution in [-0.4, -0.2) is 0 Å². The number of benzene rings is 9. The molecule has 0 fully saturated rings. The van der Waals surface area contributed by atoms with Crippen molar-refractivity contribution in [1.82, 2.24) is 0 Å². The van der Waals surface area contributed by atoms with E-state index in [2.05, 4.69) is 205 Å². The van der Waals surface area contributed by atoms with Crippen molar-refractivity contribution in [2.45, 2.75) is 0 Å². The number of anilines is 3. The predicted octanol–water partition coefficient (Wildman–Crippen LogP) is 14.9. The summed E-state index contributed by atoms with van der Waals surface area (Å²) in [5.74, 6) is 0. The highest BCUT2D eigenvalue weighted by Gasteiger charge is 2.19. The summed E-state index contributed by atoms with van der Waals surface area (Å²) in [6.45, 7) is 0. The number of rotatable bonds is 7. The normalized spacial score (nSPS) is 11.3. The zero-order valence-electron chi connectivity index (χ0n) is 29.6. The molecule has 0 atom stereocenters. The van der Waals surface area contributed by atoms with E-state index < -0.39 is 0 Å². The second-order valence-corrected chi connectivity index (χ2v) is 13.7. The molecule has 10 aromatic rings. The third kappa shape index (κ3) is 5.71. The lowest BCUT2D eigenvalue weighted by atomic mass is 9.94. The van der Waals surface area contributed by atoms with E-state index in [1.165, 1.54) is 44.2 Å². The molecular weight excluding hydrogens is 655 g/mol. The minimum Gasteiger partial charge on any atom is -0.456 e. The van der Waals surface area contributed by atoms with E-state index in [0.29, 0.717) is 0 Å². The lowest BCUT2D eigenvalue weighted by Crippen LogP contribution is -2.11. The van der Waals surface area contributed by atoms with Gasteiger partial charge in [0, 0.05) is 27.7 Å². The Morgan fingerprint density at radius 2 is 0.815 bits per heavy atom. The van der Waals surface area contributed by atoms with Gasteiger partial charge in [0.15, 0.2) is 0 Å². The van der Waals surface area contributed by atoms with Crippen LogP contribution in [0.5, 0.6) is 0 Å². The van der Waals surface area contributed by atoms with Crippen LogP contribution in [-0.2, 0) is 0 Å². The Morgan fingerprint density at radius 1 is 0.296 bits per heavy atom. The summed E-state index contributed by atoms with van der Waals surface area (Å²) in [4.78, 5) is 2.38. The number of furan rings is 1. The molecule has 10 rings (SSSR count). The second kappa shape index (κ2) is 13.4. The molecule has 9 aromatic carbocycles. The monoisotopic (exact) mass is 689 g/mol. The van der Waals surface area contributed by atoms with Crippen LogP contribution < -0.4 is 4.90 Å². The van der Waals surface area contributed by atoms with Crippen LogP contribution in [0.1, 0.15) is 0 Å². The van der Waals surface area contributed by atoms with E-state index >= 15 is 0 Å². The van der Waals surface area contributed by atoms with Gasteiger partial charge in [0.05, 0.1) is 5.69 Å². The van der Waals surface area contributed by atoms with Gasteiger partial charge in [0.25, 0.3) is 0 Å². The zero-order chi connectivity index (χ0) is 35.8. The van der Waals surface area contributed by atoms with Crippen molar-refractivity contribution in [3.8, 4) is 44.5 Å². The van der Waals surface area contributed by atoms with Gasteiger partial charge < -0.3 is 9.32 Å². The Morgan fingerprint density at radius 3 is 1.61 bits per heavy atom. The van der Waals surface area contributed by atoms with Crippen LogP contribution >= 0.6 is 0 Å². The standard InChI is InChI=1S/C52H35NO/c1-2-12-36(13-3-1)37-24-26-38(27-25-37)39-28-30-43(31-29-39)53(44-32-33-52-49(35-44)48-20-7-9-23-51(48)54-52)50-22-8-6-19-47(50)42-17-10-16-41(34-42)46-21-11-15-40-14-4-5-18-45(40)46/h1-35H. The number of fused-ring (bicyclic) bond motifs is 4. The molecule has 0 amide bonds. The lowest BCUT2D eigenvalue weighted by molar-refractivity contribution is 0.669. The van der Waals surface area contributed by atoms with Crippen molar-refractivity contribution in [3.63, 3.8) is 0 Å². The molecule has 2 nitrogen and oxygen atoms in total. The Hall–Kier alpha value is -7.16. The fourth-order valence-corrected chi connectivity index (χ4v) is 7.81. The third-order valence-electron chi connectivity index (χ3n) is 10.5. The van der Waals surface area contributed by atoms with Crippen molar-refractivity contribution in [3.05, 3.63) is 212 Å². The van der Waals surface area contributed by atoms with Crippen LogP contribution in [0.2, 0.25) is 0 Å². The average Bonchev–Trinajstić information content (AvgIpc) is 3.63. The highest BCUT2D eigenvalue weighted by molar-refractivity contribution is 6.07. The molecule has 0 bridgehead atoms. The summed E-state index contributed by atoms with van der Waals surface area (Å²) in [6.07, 6.45) is 0. The number of hydrogen-bond donors (Lipinski definition) is 0. The van der Waals surface area contributed by atoms with Crippen molar-refractivity contribution in [2.75, 3.05) is 4.90 Å². The van der Waals surface area contributed by atoms with Crippen molar-refractivity contribution < 1.29 is 4.42 Å². The molecule has 54 heavy (non-hydrogen) atoms. The van der Waals surface area contributed by atoms with Gasteiger partial charge in [-0.1, -0.05) is 164 Å². The number of para-hydroxylation sites is 2. The summed E-state index contributed by atoms with van der Waals surface area (Å²) in [5, 5.41) is 4.70. The van der Waals surface area contributed by atoms with Gasteiger partial charge in [-0.2, -0.15) is 0 Å². The van der Waals surface area contributed by atoms with Crippen LogP contribution in [0.3, 0.4) is 0 Å². The van der Waals surface area contributed by atoms with Crippen molar-refractivity contribution in [1.29, 1.82) is 0 Å². The highest BCUT2D eigenvalue weighted by Crippen LogP contribution is 2.44. The molecule has 2 heteroatoms. The number of hydrogen-bond acceptors (Lipinski definition) is 2. The van der Waals surface area contributed by atoms with Gasteiger partial charge in [-0.25, -0.2) is 0 Å². The van der Waals surface area contributed by atoms with E-state index in [9.17, 15) is 0 Å². The first-order chi connectivity index (χ1) is 26.8. The largest absolute Gasteiger partial charge is 0.456 e. The molecule has 0 aliphatic rings. The summed E-state index contributed by atoms with van der Waals surface area (Å²) in [7, 11) is 0. The van der Waals surface area contributed by atoms with E-state index in [1.807, 2.05) is 12.1 Å². The molecular formula is C52H35NO. The van der Waals surface area contributed by atoms with E-state index in [1.54, 1.807) is 0 Å². The first kappa shape index (κ1) is 31.6. The van der Waals surface area contributed by atoms with Gasteiger partial charge in [0.2, 0.25) is 0 Å². The first-order valence-electron chi connectivity index (χ1n) is 18.4. The molecule has 0 aliphatic carbocycles. The Labute approximate surface area is 314 Å².